The zero-order valence-electron chi connectivity index (χ0n) is 13.4. The summed E-state index contributed by atoms with van der Waals surface area (Å²) in [5, 5.41) is 18.4. The number of hydrogen-bond donors (Lipinski definition) is 1. The summed E-state index contributed by atoms with van der Waals surface area (Å²) in [6, 6.07) is 8.00. The van der Waals surface area contributed by atoms with Crippen molar-refractivity contribution >= 4 is 11.6 Å². The molecule has 0 unspecified atom stereocenters. The first-order valence-corrected chi connectivity index (χ1v) is 7.84. The molecule has 24 heavy (non-hydrogen) atoms. The lowest BCUT2D eigenvalue weighted by Gasteiger charge is -2.31. The van der Waals surface area contributed by atoms with E-state index in [1.165, 1.54) is 16.8 Å². The molecule has 1 aromatic carbocycles. The maximum Gasteiger partial charge on any atom is 0.274 e. The van der Waals surface area contributed by atoms with Crippen molar-refractivity contribution in [1.82, 2.24) is 20.0 Å². The predicted molar refractivity (Wildman–Crippen MR) is 88.2 cm³/mol. The van der Waals surface area contributed by atoms with Crippen LogP contribution in [-0.4, -0.2) is 51.7 Å². The Hall–Kier alpha value is -2.74. The molecular weight excluding hydrogens is 310 g/mol. The largest absolute Gasteiger partial charge is 0.337 e. The van der Waals surface area contributed by atoms with Crippen LogP contribution in [0.3, 0.4) is 0 Å². The number of carbonyl (C=O) groups is 1. The number of non-ortho nitro benzene ring substituents is 1. The SMILES string of the molecule is CN(C(=O)c1ccn(-c2cccc([N+](=O)[O-])c2)n1)C1CCNCC1. The Labute approximate surface area is 139 Å². The lowest BCUT2D eigenvalue weighted by Crippen LogP contribution is -2.44. The van der Waals surface area contributed by atoms with Gasteiger partial charge < -0.3 is 10.2 Å². The van der Waals surface area contributed by atoms with Crippen molar-refractivity contribution in [3.05, 3.63) is 52.3 Å². The van der Waals surface area contributed by atoms with Crippen molar-refractivity contribution in [1.29, 1.82) is 0 Å². The van der Waals surface area contributed by atoms with Gasteiger partial charge in [0.05, 0.1) is 10.6 Å². The molecule has 1 aliphatic rings. The van der Waals surface area contributed by atoms with Crippen LogP contribution in [0, 0.1) is 10.1 Å². The lowest BCUT2D eigenvalue weighted by molar-refractivity contribution is -0.384. The number of nitro benzene ring substituents is 1. The molecule has 8 nitrogen and oxygen atoms in total. The molecule has 1 aromatic heterocycles. The molecule has 1 fully saturated rings. The Morgan fingerprint density at radius 2 is 2.12 bits per heavy atom. The van der Waals surface area contributed by atoms with Gasteiger partial charge in [-0.15, -0.1) is 0 Å². The number of rotatable bonds is 4. The standard InChI is InChI=1S/C16H19N5O3/c1-19(12-5-8-17-9-6-12)16(22)15-7-10-20(18-15)13-3-2-4-14(11-13)21(23)24/h2-4,7,10-12,17H,5-6,8-9H2,1H3. The Morgan fingerprint density at radius 3 is 2.83 bits per heavy atom. The number of piperidine rings is 1. The molecule has 126 valence electrons. The zero-order chi connectivity index (χ0) is 17.1. The maximum atomic E-state index is 12.6. The highest BCUT2D eigenvalue weighted by Crippen LogP contribution is 2.17. The minimum atomic E-state index is -0.454. The Kier molecular flexibility index (Phi) is 4.57. The predicted octanol–water partition coefficient (Wildman–Crippen LogP) is 1.60. The van der Waals surface area contributed by atoms with Crippen molar-refractivity contribution in [3.8, 4) is 5.69 Å². The summed E-state index contributed by atoms with van der Waals surface area (Å²) in [6.45, 7) is 1.81. The zero-order valence-corrected chi connectivity index (χ0v) is 13.4. The molecule has 0 atom stereocenters. The van der Waals surface area contributed by atoms with Gasteiger partial charge in [0.15, 0.2) is 5.69 Å². The fraction of sp³-hybridized carbons (Fsp3) is 0.375. The molecule has 2 aromatic rings. The molecule has 0 radical (unpaired) electrons. The minimum absolute atomic E-state index is 0.0114. The maximum absolute atomic E-state index is 12.6. The van der Waals surface area contributed by atoms with Crippen LogP contribution >= 0.6 is 0 Å². The number of nitrogens with one attached hydrogen (secondary N) is 1. The Morgan fingerprint density at radius 1 is 1.38 bits per heavy atom. The second kappa shape index (κ2) is 6.79. The van der Waals surface area contributed by atoms with Gasteiger partial charge in [-0.2, -0.15) is 5.10 Å². The average Bonchev–Trinajstić information content (AvgIpc) is 3.11. The molecule has 0 spiro atoms. The summed E-state index contributed by atoms with van der Waals surface area (Å²) in [5.41, 5.74) is 0.873. The average molecular weight is 329 g/mol. The van der Waals surface area contributed by atoms with Crippen LogP contribution in [0.1, 0.15) is 23.3 Å². The van der Waals surface area contributed by atoms with Gasteiger partial charge in [0.25, 0.3) is 11.6 Å². The van der Waals surface area contributed by atoms with Gasteiger partial charge in [-0.05, 0) is 38.1 Å². The van der Waals surface area contributed by atoms with E-state index < -0.39 is 4.92 Å². The van der Waals surface area contributed by atoms with E-state index in [1.807, 2.05) is 0 Å². The molecule has 1 amide bonds. The van der Waals surface area contributed by atoms with Crippen LogP contribution in [0.5, 0.6) is 0 Å². The van der Waals surface area contributed by atoms with Gasteiger partial charge in [0.1, 0.15) is 0 Å². The fourth-order valence-electron chi connectivity index (χ4n) is 2.87. The van der Waals surface area contributed by atoms with E-state index in [2.05, 4.69) is 10.4 Å². The summed E-state index contributed by atoms with van der Waals surface area (Å²) in [4.78, 5) is 24.7. The van der Waals surface area contributed by atoms with Crippen LogP contribution in [0.2, 0.25) is 0 Å². The molecule has 1 saturated heterocycles. The van der Waals surface area contributed by atoms with E-state index >= 15 is 0 Å². The van der Waals surface area contributed by atoms with Gasteiger partial charge in [0.2, 0.25) is 0 Å². The van der Waals surface area contributed by atoms with Crippen LogP contribution in [0.25, 0.3) is 5.69 Å². The van der Waals surface area contributed by atoms with Gasteiger partial charge in [-0.1, -0.05) is 6.07 Å². The van der Waals surface area contributed by atoms with Crippen molar-refractivity contribution in [2.24, 2.45) is 0 Å². The second-order valence-corrected chi connectivity index (χ2v) is 5.82. The first-order chi connectivity index (χ1) is 11.6. The van der Waals surface area contributed by atoms with Crippen molar-refractivity contribution in [2.45, 2.75) is 18.9 Å². The van der Waals surface area contributed by atoms with Gasteiger partial charge in [0, 0.05) is 31.4 Å². The number of nitrogens with zero attached hydrogens (tertiary/aromatic N) is 4. The topological polar surface area (TPSA) is 93.3 Å². The molecule has 0 bridgehead atoms. The van der Waals surface area contributed by atoms with Crippen LogP contribution < -0.4 is 5.32 Å². The van der Waals surface area contributed by atoms with Gasteiger partial charge >= 0.3 is 0 Å². The Balaban J connectivity index is 1.78. The number of hydrogen-bond acceptors (Lipinski definition) is 5. The molecule has 0 saturated carbocycles. The number of carbonyl (C=O) groups excluding carboxylic acids is 1. The summed E-state index contributed by atoms with van der Waals surface area (Å²) >= 11 is 0. The fourth-order valence-corrected chi connectivity index (χ4v) is 2.87. The quantitative estimate of drug-likeness (QED) is 0.679. The van der Waals surface area contributed by atoms with E-state index in [0.29, 0.717) is 11.4 Å². The summed E-state index contributed by atoms with van der Waals surface area (Å²) in [6.07, 6.45) is 3.49. The van der Waals surface area contributed by atoms with Crippen LogP contribution in [0.4, 0.5) is 5.69 Å². The third-order valence-electron chi connectivity index (χ3n) is 4.29. The number of nitro groups is 1. The van der Waals surface area contributed by atoms with Crippen molar-refractivity contribution in [3.63, 3.8) is 0 Å². The summed E-state index contributed by atoms with van der Waals surface area (Å²) in [7, 11) is 1.80. The van der Waals surface area contributed by atoms with Crippen LogP contribution in [-0.2, 0) is 0 Å². The highest BCUT2D eigenvalue weighted by Gasteiger charge is 2.24. The van der Waals surface area contributed by atoms with Gasteiger partial charge in [-0.3, -0.25) is 14.9 Å². The van der Waals surface area contributed by atoms with E-state index in [-0.39, 0.29) is 17.6 Å². The summed E-state index contributed by atoms with van der Waals surface area (Å²) in [5.74, 6) is -0.133. The first-order valence-electron chi connectivity index (χ1n) is 7.84. The molecule has 2 heterocycles. The molecule has 3 rings (SSSR count). The third-order valence-corrected chi connectivity index (χ3v) is 4.29. The second-order valence-electron chi connectivity index (χ2n) is 5.82. The highest BCUT2D eigenvalue weighted by molar-refractivity contribution is 5.92. The van der Waals surface area contributed by atoms with Crippen molar-refractivity contribution in [2.75, 3.05) is 20.1 Å². The third kappa shape index (κ3) is 3.28. The minimum Gasteiger partial charge on any atom is -0.337 e. The summed E-state index contributed by atoms with van der Waals surface area (Å²) < 4.78 is 1.48. The monoisotopic (exact) mass is 329 g/mol. The van der Waals surface area contributed by atoms with Crippen molar-refractivity contribution < 1.29 is 9.72 Å². The van der Waals surface area contributed by atoms with Crippen LogP contribution in [0.15, 0.2) is 36.5 Å². The normalized spacial score (nSPS) is 15.2. The van der Waals surface area contributed by atoms with Gasteiger partial charge in [-0.25, -0.2) is 4.68 Å². The first kappa shape index (κ1) is 16.1. The number of amides is 1. The number of aromatic nitrogens is 2. The smallest absolute Gasteiger partial charge is 0.274 e. The molecular formula is C16H19N5O3. The molecule has 1 aliphatic heterocycles. The molecule has 0 aliphatic carbocycles. The van der Waals surface area contributed by atoms with E-state index in [1.54, 1.807) is 36.3 Å². The van der Waals surface area contributed by atoms with E-state index in [4.69, 9.17) is 0 Å². The van der Waals surface area contributed by atoms with E-state index in [0.717, 1.165) is 25.9 Å². The molecule has 1 N–H and O–H groups in total. The number of benzene rings is 1. The lowest BCUT2D eigenvalue weighted by atomic mass is 10.1. The highest BCUT2D eigenvalue weighted by atomic mass is 16.6. The molecule has 8 heteroatoms. The Bertz CT molecular complexity index is 752. The van der Waals surface area contributed by atoms with E-state index in [9.17, 15) is 14.9 Å².